The topological polar surface area (TPSA) is 47.3 Å². The van der Waals surface area contributed by atoms with Gasteiger partial charge >= 0.3 is 0 Å². The number of nitrogens with two attached hydrogens (primary N) is 1. The highest BCUT2D eigenvalue weighted by Crippen LogP contribution is 2.24. The van der Waals surface area contributed by atoms with E-state index in [2.05, 4.69) is 5.43 Å². The molecule has 0 spiro atoms. The Bertz CT molecular complexity index is 634. The van der Waals surface area contributed by atoms with E-state index < -0.39 is 23.5 Å². The van der Waals surface area contributed by atoms with E-state index in [0.717, 1.165) is 6.07 Å². The lowest BCUT2D eigenvalue weighted by Gasteiger charge is -2.17. The van der Waals surface area contributed by atoms with Crippen molar-refractivity contribution in [2.45, 2.75) is 12.5 Å². The Kier molecular flexibility index (Phi) is 4.82. The van der Waals surface area contributed by atoms with E-state index in [9.17, 15) is 13.2 Å². The molecule has 0 bridgehead atoms. The normalized spacial score (nSPS) is 12.2. The van der Waals surface area contributed by atoms with Crippen LogP contribution in [0.4, 0.5) is 13.2 Å². The van der Waals surface area contributed by atoms with Crippen molar-refractivity contribution in [1.29, 1.82) is 0 Å². The Morgan fingerprint density at radius 1 is 1.14 bits per heavy atom. The van der Waals surface area contributed by atoms with Crippen molar-refractivity contribution in [1.82, 2.24) is 5.43 Å². The number of hydrogen-bond donors (Lipinski definition) is 2. The third kappa shape index (κ3) is 3.34. The Balaban J connectivity index is 2.27. The molecule has 2 aromatic carbocycles. The number of hydrogen-bond acceptors (Lipinski definition) is 3. The molecule has 0 saturated carbocycles. The molecule has 112 valence electrons. The summed E-state index contributed by atoms with van der Waals surface area (Å²) in [7, 11) is 1.37. The number of methoxy groups -OCH3 is 1. The fourth-order valence-corrected chi connectivity index (χ4v) is 2.12. The summed E-state index contributed by atoms with van der Waals surface area (Å²) < 4.78 is 45.5. The van der Waals surface area contributed by atoms with Crippen LogP contribution in [0.15, 0.2) is 36.4 Å². The van der Waals surface area contributed by atoms with Crippen LogP contribution < -0.4 is 16.0 Å². The van der Waals surface area contributed by atoms with Crippen molar-refractivity contribution in [2.24, 2.45) is 5.84 Å². The fourth-order valence-electron chi connectivity index (χ4n) is 2.12. The summed E-state index contributed by atoms with van der Waals surface area (Å²) in [4.78, 5) is 0. The molecule has 3 nitrogen and oxygen atoms in total. The van der Waals surface area contributed by atoms with Crippen molar-refractivity contribution in [2.75, 3.05) is 7.11 Å². The molecular formula is C15H15F3N2O. The molecule has 2 aromatic rings. The predicted octanol–water partition coefficient (Wildman–Crippen LogP) is 2.86. The molecule has 21 heavy (non-hydrogen) atoms. The van der Waals surface area contributed by atoms with Crippen LogP contribution >= 0.6 is 0 Å². The number of rotatable bonds is 5. The first-order valence-electron chi connectivity index (χ1n) is 6.29. The maximum Gasteiger partial charge on any atom is 0.165 e. The van der Waals surface area contributed by atoms with Gasteiger partial charge in [0.25, 0.3) is 0 Å². The van der Waals surface area contributed by atoms with Gasteiger partial charge in [0.2, 0.25) is 0 Å². The van der Waals surface area contributed by atoms with E-state index in [-0.39, 0.29) is 17.7 Å². The minimum absolute atomic E-state index is 0.0914. The van der Waals surface area contributed by atoms with Gasteiger partial charge in [-0.15, -0.1) is 0 Å². The zero-order valence-corrected chi connectivity index (χ0v) is 11.4. The molecule has 0 aliphatic carbocycles. The lowest BCUT2D eigenvalue weighted by molar-refractivity contribution is 0.386. The van der Waals surface area contributed by atoms with Gasteiger partial charge in [-0.2, -0.15) is 0 Å². The average molecular weight is 296 g/mol. The Labute approximate surface area is 120 Å². The smallest absolute Gasteiger partial charge is 0.165 e. The second-order valence-electron chi connectivity index (χ2n) is 4.54. The standard InChI is InChI=1S/C15H15F3N2O/c1-21-14-6-5-9(7-12(14)17)8-13(20-19)10-3-2-4-11(16)15(10)18/h2-7,13,20H,8,19H2,1H3. The van der Waals surface area contributed by atoms with E-state index in [4.69, 9.17) is 10.6 Å². The first kappa shape index (κ1) is 15.3. The molecule has 0 fully saturated rings. The largest absolute Gasteiger partial charge is 0.494 e. The van der Waals surface area contributed by atoms with Crippen LogP contribution in [0.25, 0.3) is 0 Å². The van der Waals surface area contributed by atoms with Gasteiger partial charge in [0.05, 0.1) is 13.2 Å². The van der Waals surface area contributed by atoms with Crippen LogP contribution in [0, 0.1) is 17.5 Å². The molecule has 0 radical (unpaired) electrons. The maximum absolute atomic E-state index is 13.8. The molecule has 3 N–H and O–H groups in total. The summed E-state index contributed by atoms with van der Waals surface area (Å²) in [5.41, 5.74) is 3.10. The summed E-state index contributed by atoms with van der Waals surface area (Å²) in [6, 6.07) is 7.58. The molecule has 6 heteroatoms. The van der Waals surface area contributed by atoms with Gasteiger partial charge in [0.1, 0.15) is 0 Å². The number of hydrazine groups is 1. The summed E-state index contributed by atoms with van der Waals surface area (Å²) >= 11 is 0. The van der Waals surface area contributed by atoms with E-state index in [1.165, 1.54) is 31.4 Å². The Hall–Kier alpha value is -2.05. The van der Waals surface area contributed by atoms with Crippen LogP contribution in [0.2, 0.25) is 0 Å². The minimum Gasteiger partial charge on any atom is -0.494 e. The fraction of sp³-hybridized carbons (Fsp3) is 0.200. The molecule has 0 heterocycles. The lowest BCUT2D eigenvalue weighted by Crippen LogP contribution is -2.30. The first-order valence-corrected chi connectivity index (χ1v) is 6.29. The molecule has 1 unspecified atom stereocenters. The number of ether oxygens (including phenoxy) is 1. The van der Waals surface area contributed by atoms with E-state index >= 15 is 0 Å². The van der Waals surface area contributed by atoms with Crippen LogP contribution in [-0.4, -0.2) is 7.11 Å². The molecule has 0 amide bonds. The number of nitrogens with one attached hydrogen (secondary N) is 1. The Morgan fingerprint density at radius 2 is 1.90 bits per heavy atom. The minimum atomic E-state index is -0.963. The summed E-state index contributed by atoms with van der Waals surface area (Å²) in [6.07, 6.45) is 0.206. The van der Waals surface area contributed by atoms with Gasteiger partial charge in [0.15, 0.2) is 23.2 Å². The molecule has 0 saturated heterocycles. The van der Waals surface area contributed by atoms with Gasteiger partial charge in [-0.3, -0.25) is 11.3 Å². The first-order chi connectivity index (χ1) is 10.1. The van der Waals surface area contributed by atoms with Gasteiger partial charge in [-0.05, 0) is 30.2 Å². The van der Waals surface area contributed by atoms with Crippen LogP contribution in [0.3, 0.4) is 0 Å². The third-order valence-corrected chi connectivity index (χ3v) is 3.21. The monoisotopic (exact) mass is 296 g/mol. The molecule has 0 aromatic heterocycles. The van der Waals surface area contributed by atoms with Gasteiger partial charge in [-0.25, -0.2) is 13.2 Å². The second-order valence-corrected chi connectivity index (χ2v) is 4.54. The van der Waals surface area contributed by atoms with Crippen molar-refractivity contribution < 1.29 is 17.9 Å². The van der Waals surface area contributed by atoms with E-state index in [1.54, 1.807) is 6.07 Å². The van der Waals surface area contributed by atoms with Crippen molar-refractivity contribution >= 4 is 0 Å². The molecule has 2 rings (SSSR count). The van der Waals surface area contributed by atoms with E-state index in [1.807, 2.05) is 0 Å². The average Bonchev–Trinajstić information content (AvgIpc) is 2.48. The van der Waals surface area contributed by atoms with Crippen molar-refractivity contribution in [3.63, 3.8) is 0 Å². The van der Waals surface area contributed by atoms with Crippen LogP contribution in [-0.2, 0) is 6.42 Å². The highest BCUT2D eigenvalue weighted by Gasteiger charge is 2.18. The number of halogens is 3. The van der Waals surface area contributed by atoms with Gasteiger partial charge < -0.3 is 4.74 Å². The summed E-state index contributed by atoms with van der Waals surface area (Å²) in [5, 5.41) is 0. The molecule has 1 atom stereocenters. The summed E-state index contributed by atoms with van der Waals surface area (Å²) in [6.45, 7) is 0. The quantitative estimate of drug-likeness (QED) is 0.659. The maximum atomic E-state index is 13.8. The second kappa shape index (κ2) is 6.60. The van der Waals surface area contributed by atoms with Crippen LogP contribution in [0.1, 0.15) is 17.2 Å². The third-order valence-electron chi connectivity index (χ3n) is 3.21. The number of benzene rings is 2. The highest BCUT2D eigenvalue weighted by molar-refractivity contribution is 5.31. The van der Waals surface area contributed by atoms with Gasteiger partial charge in [-0.1, -0.05) is 18.2 Å². The summed E-state index contributed by atoms with van der Waals surface area (Å²) in [5.74, 6) is 3.09. The molecule has 0 aliphatic heterocycles. The van der Waals surface area contributed by atoms with Crippen molar-refractivity contribution in [3.8, 4) is 5.75 Å². The molecular weight excluding hydrogens is 281 g/mol. The van der Waals surface area contributed by atoms with E-state index in [0.29, 0.717) is 5.56 Å². The highest BCUT2D eigenvalue weighted by atomic mass is 19.2. The zero-order valence-electron chi connectivity index (χ0n) is 11.4. The Morgan fingerprint density at radius 3 is 2.52 bits per heavy atom. The lowest BCUT2D eigenvalue weighted by atomic mass is 9.98. The SMILES string of the molecule is COc1ccc(CC(NN)c2cccc(F)c2F)cc1F. The zero-order chi connectivity index (χ0) is 15.4. The van der Waals surface area contributed by atoms with Crippen molar-refractivity contribution in [3.05, 3.63) is 65.0 Å². The van der Waals surface area contributed by atoms with Gasteiger partial charge in [0, 0.05) is 5.56 Å². The van der Waals surface area contributed by atoms with Crippen LogP contribution in [0.5, 0.6) is 5.75 Å². The predicted molar refractivity (Wildman–Crippen MR) is 73.1 cm³/mol. The molecule has 0 aliphatic rings.